The Morgan fingerprint density at radius 1 is 0.608 bits per heavy atom. The quantitative estimate of drug-likeness (QED) is 0.121. The molecule has 0 aromatic heterocycles. The van der Waals surface area contributed by atoms with E-state index >= 15 is 0 Å². The van der Waals surface area contributed by atoms with Gasteiger partial charge < -0.3 is 14.5 Å². The highest BCUT2D eigenvalue weighted by Crippen LogP contribution is 2.42. The van der Waals surface area contributed by atoms with Gasteiger partial charge in [0, 0.05) is 36.2 Å². The molecule has 0 atom stereocenters. The Labute approximate surface area is 298 Å². The average molecular weight is 659 g/mol. The molecule has 0 unspecified atom stereocenters. The molecule has 0 saturated carbocycles. The van der Waals surface area contributed by atoms with Crippen LogP contribution in [0.1, 0.15) is 11.1 Å². The fourth-order valence-electron chi connectivity index (χ4n) is 6.19. The van der Waals surface area contributed by atoms with Crippen LogP contribution in [0.15, 0.2) is 181 Å². The van der Waals surface area contributed by atoms with Crippen molar-refractivity contribution >= 4 is 56.4 Å². The van der Waals surface area contributed by atoms with E-state index in [0.29, 0.717) is 17.1 Å². The van der Waals surface area contributed by atoms with Crippen LogP contribution in [0.2, 0.25) is 0 Å². The third-order valence-corrected chi connectivity index (χ3v) is 8.78. The van der Waals surface area contributed by atoms with Crippen LogP contribution in [0.5, 0.6) is 0 Å². The summed E-state index contributed by atoms with van der Waals surface area (Å²) in [5.74, 6) is 1.07. The number of fused-ring (bicyclic) bond motifs is 2. The molecule has 6 aromatic carbocycles. The zero-order chi connectivity index (χ0) is 35.2. The molecule has 1 heterocycles. The van der Waals surface area contributed by atoms with Crippen LogP contribution in [-0.2, 0) is 4.74 Å². The van der Waals surface area contributed by atoms with Crippen LogP contribution < -0.4 is 9.80 Å². The van der Waals surface area contributed by atoms with Gasteiger partial charge >= 0.3 is 0 Å². The summed E-state index contributed by atoms with van der Waals surface area (Å²) >= 11 is 0. The van der Waals surface area contributed by atoms with Gasteiger partial charge in [-0.05, 0) is 88.2 Å². The predicted molar refractivity (Wildman–Crippen MR) is 211 cm³/mol. The molecule has 5 nitrogen and oxygen atoms in total. The molecule has 0 spiro atoms. The molecule has 0 radical (unpaired) electrons. The summed E-state index contributed by atoms with van der Waals surface area (Å²) in [7, 11) is 4.01. The lowest BCUT2D eigenvalue weighted by molar-refractivity contribution is 0.332. The maximum Gasteiger partial charge on any atom is 0.269 e. The number of benzene rings is 6. The van der Waals surface area contributed by atoms with E-state index in [-0.39, 0.29) is 5.70 Å². The molecule has 1 aliphatic rings. The van der Waals surface area contributed by atoms with Gasteiger partial charge in [-0.3, -0.25) is 0 Å². The molecule has 244 valence electrons. The Bertz CT molecular complexity index is 2380. The minimum atomic E-state index is 0.0109. The topological polar surface area (TPSA) is 43.9 Å². The first-order chi connectivity index (χ1) is 25.0. The van der Waals surface area contributed by atoms with Gasteiger partial charge in [0.2, 0.25) is 0 Å². The second-order valence-electron chi connectivity index (χ2n) is 12.3. The number of nitrogens with zero attached hydrogens (tertiary/aromatic N) is 4. The molecule has 1 aliphatic heterocycles. The normalized spacial score (nSPS) is 13.7. The van der Waals surface area contributed by atoms with E-state index in [1.807, 2.05) is 61.5 Å². The molecule has 5 heteroatoms. The second kappa shape index (κ2) is 14.6. The lowest BCUT2D eigenvalue weighted by Crippen LogP contribution is -2.11. The largest absolute Gasteiger partial charge is 0.457 e. The van der Waals surface area contributed by atoms with Gasteiger partial charge in [-0.25, -0.2) is 10.1 Å². The highest BCUT2D eigenvalue weighted by molar-refractivity contribution is 6.04. The van der Waals surface area contributed by atoms with Crippen molar-refractivity contribution in [3.8, 4) is 6.07 Å². The maximum atomic E-state index is 9.62. The molecule has 7 rings (SSSR count). The number of nitriles is 1. The highest BCUT2D eigenvalue weighted by Gasteiger charge is 2.17. The average Bonchev–Trinajstić information content (AvgIpc) is 3.18. The molecular formula is C46H34N4O. The van der Waals surface area contributed by atoms with Gasteiger partial charge in [-0.15, -0.1) is 0 Å². The predicted octanol–water partition coefficient (Wildman–Crippen LogP) is 11.8. The summed E-state index contributed by atoms with van der Waals surface area (Å²) in [6, 6.07) is 48.4. The van der Waals surface area contributed by atoms with Crippen LogP contribution >= 0.6 is 0 Å². The molecule has 0 bridgehead atoms. The molecule has 0 aliphatic carbocycles. The SMILES string of the molecule is [C-]#[N+]C(C#N)=C1C=C(C=Cc2ccc(N(C)C)cc2)OC(C=Cc2ccc(N(c3cccc4ccccc34)c3cccc4ccccc34)cc2)=C1. The summed E-state index contributed by atoms with van der Waals surface area (Å²) in [5.41, 5.74) is 6.84. The summed E-state index contributed by atoms with van der Waals surface area (Å²) in [4.78, 5) is 7.82. The Morgan fingerprint density at radius 2 is 1.08 bits per heavy atom. The first-order valence-electron chi connectivity index (χ1n) is 16.6. The molecule has 0 saturated heterocycles. The van der Waals surface area contributed by atoms with E-state index in [1.165, 1.54) is 21.5 Å². The fourth-order valence-corrected chi connectivity index (χ4v) is 6.19. The van der Waals surface area contributed by atoms with E-state index in [1.54, 1.807) is 12.2 Å². The minimum Gasteiger partial charge on any atom is -0.457 e. The van der Waals surface area contributed by atoms with Gasteiger partial charge in [0.05, 0.1) is 24.0 Å². The van der Waals surface area contributed by atoms with E-state index in [4.69, 9.17) is 11.3 Å². The number of anilines is 4. The highest BCUT2D eigenvalue weighted by atomic mass is 16.5. The first-order valence-corrected chi connectivity index (χ1v) is 16.6. The van der Waals surface area contributed by atoms with Gasteiger partial charge in [0.15, 0.2) is 0 Å². The van der Waals surface area contributed by atoms with E-state index in [2.05, 4.69) is 131 Å². The molecule has 51 heavy (non-hydrogen) atoms. The molecule has 0 fully saturated rings. The van der Waals surface area contributed by atoms with Crippen LogP contribution in [0.25, 0.3) is 38.5 Å². The molecule has 0 amide bonds. The zero-order valence-corrected chi connectivity index (χ0v) is 28.4. The van der Waals surface area contributed by atoms with E-state index in [0.717, 1.165) is 33.9 Å². The lowest BCUT2D eigenvalue weighted by Gasteiger charge is -2.28. The summed E-state index contributed by atoms with van der Waals surface area (Å²) < 4.78 is 6.21. The summed E-state index contributed by atoms with van der Waals surface area (Å²) in [6.07, 6.45) is 11.1. The Hall–Kier alpha value is -7.08. The number of hydrogen-bond acceptors (Lipinski definition) is 4. The Morgan fingerprint density at radius 3 is 1.55 bits per heavy atom. The van der Waals surface area contributed by atoms with Crippen molar-refractivity contribution in [3.05, 3.63) is 203 Å². The van der Waals surface area contributed by atoms with Gasteiger partial charge in [0.1, 0.15) is 11.5 Å². The fraction of sp³-hybridized carbons (Fsp3) is 0.0435. The van der Waals surface area contributed by atoms with Crippen molar-refractivity contribution in [1.82, 2.24) is 0 Å². The standard InChI is InChI=1S/C46H34N4O/c1-48-44(32-47)37-30-40(28-22-33-18-24-38(25-19-33)49(2)3)51-41(31-37)29-23-34-20-26-39(27-21-34)50(45-16-8-12-35-10-4-6-14-42(35)45)46-17-9-13-36-11-5-7-15-43(36)46/h4-31H,2-3H3. The van der Waals surface area contributed by atoms with E-state index in [9.17, 15) is 5.26 Å². The monoisotopic (exact) mass is 658 g/mol. The van der Waals surface area contributed by atoms with Crippen molar-refractivity contribution in [2.45, 2.75) is 0 Å². The van der Waals surface area contributed by atoms with Crippen molar-refractivity contribution < 1.29 is 4.74 Å². The van der Waals surface area contributed by atoms with Crippen molar-refractivity contribution in [3.63, 3.8) is 0 Å². The van der Waals surface area contributed by atoms with Gasteiger partial charge in [-0.2, -0.15) is 0 Å². The van der Waals surface area contributed by atoms with E-state index < -0.39 is 0 Å². The number of allylic oxidation sites excluding steroid dienone is 6. The molecule has 6 aromatic rings. The number of rotatable bonds is 8. The third-order valence-electron chi connectivity index (χ3n) is 8.78. The van der Waals surface area contributed by atoms with Crippen LogP contribution in [0, 0.1) is 17.9 Å². The summed E-state index contributed by atoms with van der Waals surface area (Å²) in [5, 5.41) is 14.3. The second-order valence-corrected chi connectivity index (χ2v) is 12.3. The van der Waals surface area contributed by atoms with Gasteiger partial charge in [-0.1, -0.05) is 109 Å². The van der Waals surface area contributed by atoms with Crippen molar-refractivity contribution in [1.29, 1.82) is 5.26 Å². The smallest absolute Gasteiger partial charge is 0.269 e. The van der Waals surface area contributed by atoms with Crippen molar-refractivity contribution in [2.24, 2.45) is 0 Å². The zero-order valence-electron chi connectivity index (χ0n) is 28.4. The third kappa shape index (κ3) is 7.06. The van der Waals surface area contributed by atoms with Crippen LogP contribution in [0.3, 0.4) is 0 Å². The maximum absolute atomic E-state index is 9.62. The Kier molecular flexibility index (Phi) is 9.28. The van der Waals surface area contributed by atoms with Crippen LogP contribution in [-0.4, -0.2) is 14.1 Å². The molecule has 0 N–H and O–H groups in total. The van der Waals surface area contributed by atoms with Crippen molar-refractivity contribution in [2.75, 3.05) is 23.9 Å². The molecular weight excluding hydrogens is 625 g/mol. The minimum absolute atomic E-state index is 0.0109. The number of ether oxygens (including phenoxy) is 1. The summed E-state index contributed by atoms with van der Waals surface area (Å²) in [6.45, 7) is 7.52. The van der Waals surface area contributed by atoms with Crippen LogP contribution in [0.4, 0.5) is 22.7 Å². The number of hydrogen-bond donors (Lipinski definition) is 0. The Balaban J connectivity index is 1.20. The first kappa shape index (κ1) is 32.5. The van der Waals surface area contributed by atoms with Gasteiger partial charge in [0.25, 0.3) is 5.70 Å². The lowest BCUT2D eigenvalue weighted by atomic mass is 10.0.